The van der Waals surface area contributed by atoms with Crippen molar-refractivity contribution in [1.29, 1.82) is 0 Å². The molecule has 3 aromatic rings. The lowest BCUT2D eigenvalue weighted by Crippen LogP contribution is -1.88. The van der Waals surface area contributed by atoms with Gasteiger partial charge in [-0.3, -0.25) is 4.79 Å². The summed E-state index contributed by atoms with van der Waals surface area (Å²) in [7, 11) is 1.64. The van der Waals surface area contributed by atoms with Crippen LogP contribution in [0.2, 0.25) is 0 Å². The Bertz CT molecular complexity index is 760. The number of aromatic nitrogens is 1. The molecule has 21 heavy (non-hydrogen) atoms. The maximum Gasteiger partial charge on any atom is 0.166 e. The number of benzene rings is 2. The second-order valence-corrected chi connectivity index (χ2v) is 4.69. The standard InChI is InChI=1S/C18H15NO2/c1-21-18-10-6-5-9-14(18)16-11-15(17(12-20)19-16)13-7-3-2-4-8-13/h2-12,19H,1H3. The zero-order chi connectivity index (χ0) is 14.7. The lowest BCUT2D eigenvalue weighted by Gasteiger charge is -2.05. The predicted octanol–water partition coefficient (Wildman–Crippen LogP) is 4.17. The highest BCUT2D eigenvalue weighted by Gasteiger charge is 2.13. The van der Waals surface area contributed by atoms with E-state index in [1.807, 2.05) is 60.7 Å². The normalized spacial score (nSPS) is 10.3. The minimum atomic E-state index is 0.571. The van der Waals surface area contributed by atoms with Gasteiger partial charge in [-0.1, -0.05) is 42.5 Å². The van der Waals surface area contributed by atoms with Crippen molar-refractivity contribution in [2.45, 2.75) is 0 Å². The lowest BCUT2D eigenvalue weighted by atomic mass is 10.0. The van der Waals surface area contributed by atoms with E-state index < -0.39 is 0 Å². The van der Waals surface area contributed by atoms with Crippen LogP contribution in [0.15, 0.2) is 60.7 Å². The van der Waals surface area contributed by atoms with Crippen molar-refractivity contribution in [2.75, 3.05) is 7.11 Å². The minimum absolute atomic E-state index is 0.571. The van der Waals surface area contributed by atoms with E-state index >= 15 is 0 Å². The Morgan fingerprint density at radius 2 is 1.67 bits per heavy atom. The van der Waals surface area contributed by atoms with E-state index in [1.54, 1.807) is 7.11 Å². The number of rotatable bonds is 4. The number of H-pyrrole nitrogens is 1. The van der Waals surface area contributed by atoms with Gasteiger partial charge in [-0.15, -0.1) is 0 Å². The Morgan fingerprint density at radius 1 is 0.952 bits per heavy atom. The molecule has 1 N–H and O–H groups in total. The number of carbonyl (C=O) groups excluding carboxylic acids is 1. The molecule has 0 aliphatic rings. The molecule has 1 aromatic heterocycles. The summed E-state index contributed by atoms with van der Waals surface area (Å²) >= 11 is 0. The van der Waals surface area contributed by atoms with Gasteiger partial charge < -0.3 is 9.72 Å². The van der Waals surface area contributed by atoms with E-state index in [1.165, 1.54) is 0 Å². The molecular weight excluding hydrogens is 262 g/mol. The summed E-state index contributed by atoms with van der Waals surface area (Å²) in [6.07, 6.45) is 0.848. The zero-order valence-electron chi connectivity index (χ0n) is 11.7. The number of methoxy groups -OCH3 is 1. The van der Waals surface area contributed by atoms with Crippen molar-refractivity contribution in [3.63, 3.8) is 0 Å². The summed E-state index contributed by atoms with van der Waals surface area (Å²) in [5.74, 6) is 0.774. The molecule has 0 fully saturated rings. The second kappa shape index (κ2) is 5.67. The number of carbonyl (C=O) groups is 1. The molecule has 0 atom stereocenters. The fourth-order valence-corrected chi connectivity index (χ4v) is 2.43. The molecular formula is C18H15NO2. The van der Waals surface area contributed by atoms with Crippen LogP contribution < -0.4 is 4.74 Å². The van der Waals surface area contributed by atoms with Crippen LogP contribution in [0.1, 0.15) is 10.5 Å². The molecule has 0 saturated carbocycles. The largest absolute Gasteiger partial charge is 0.496 e. The number of hydrogen-bond donors (Lipinski definition) is 1. The molecule has 104 valence electrons. The summed E-state index contributed by atoms with van der Waals surface area (Å²) < 4.78 is 5.38. The Hall–Kier alpha value is -2.81. The Kier molecular flexibility index (Phi) is 3.56. The molecule has 0 aliphatic heterocycles. The van der Waals surface area contributed by atoms with E-state index in [2.05, 4.69) is 4.98 Å². The third kappa shape index (κ3) is 2.46. The highest BCUT2D eigenvalue weighted by Crippen LogP contribution is 2.33. The second-order valence-electron chi connectivity index (χ2n) is 4.69. The van der Waals surface area contributed by atoms with Gasteiger partial charge in [-0.25, -0.2) is 0 Å². The summed E-state index contributed by atoms with van der Waals surface area (Å²) in [5, 5.41) is 0. The topological polar surface area (TPSA) is 42.1 Å². The SMILES string of the molecule is COc1ccccc1-c1cc(-c2ccccc2)c(C=O)[nH]1. The van der Waals surface area contributed by atoms with Crippen molar-refractivity contribution in [2.24, 2.45) is 0 Å². The van der Waals surface area contributed by atoms with Crippen LogP contribution in [0, 0.1) is 0 Å². The first-order valence-corrected chi connectivity index (χ1v) is 6.70. The first kappa shape index (κ1) is 13.2. The molecule has 0 bridgehead atoms. The van der Waals surface area contributed by atoms with Crippen LogP contribution in [0.5, 0.6) is 5.75 Å². The molecule has 0 spiro atoms. The molecule has 0 radical (unpaired) electrons. The zero-order valence-corrected chi connectivity index (χ0v) is 11.7. The molecule has 2 aromatic carbocycles. The first-order chi connectivity index (χ1) is 10.3. The first-order valence-electron chi connectivity index (χ1n) is 6.70. The summed E-state index contributed by atoms with van der Waals surface area (Å²) in [6.45, 7) is 0. The van der Waals surface area contributed by atoms with Gasteiger partial charge in [0, 0.05) is 11.1 Å². The Balaban J connectivity index is 2.14. The molecule has 0 amide bonds. The molecule has 3 rings (SSSR count). The van der Waals surface area contributed by atoms with Crippen LogP contribution >= 0.6 is 0 Å². The van der Waals surface area contributed by atoms with Gasteiger partial charge in [0.05, 0.1) is 18.5 Å². The van der Waals surface area contributed by atoms with Crippen LogP contribution in [0.3, 0.4) is 0 Å². The number of hydrogen-bond acceptors (Lipinski definition) is 2. The maximum atomic E-state index is 11.3. The van der Waals surface area contributed by atoms with Gasteiger partial charge in [0.25, 0.3) is 0 Å². The average Bonchev–Trinajstić information content (AvgIpc) is 2.99. The number of aldehydes is 1. The van der Waals surface area contributed by atoms with Crippen LogP contribution in [0.4, 0.5) is 0 Å². The van der Waals surface area contributed by atoms with Crippen LogP contribution in [0.25, 0.3) is 22.4 Å². The number of para-hydroxylation sites is 1. The van der Waals surface area contributed by atoms with E-state index in [0.717, 1.165) is 34.4 Å². The predicted molar refractivity (Wildman–Crippen MR) is 83.6 cm³/mol. The molecule has 1 heterocycles. The summed E-state index contributed by atoms with van der Waals surface area (Å²) in [6, 6.07) is 19.6. The lowest BCUT2D eigenvalue weighted by molar-refractivity contribution is 0.112. The van der Waals surface area contributed by atoms with E-state index in [4.69, 9.17) is 4.74 Å². The molecule has 3 nitrogen and oxygen atoms in total. The van der Waals surface area contributed by atoms with Crippen molar-refractivity contribution in [1.82, 2.24) is 4.98 Å². The minimum Gasteiger partial charge on any atom is -0.496 e. The Morgan fingerprint density at radius 3 is 2.38 bits per heavy atom. The van der Waals surface area contributed by atoms with E-state index in [0.29, 0.717) is 5.69 Å². The van der Waals surface area contributed by atoms with Gasteiger partial charge in [0.15, 0.2) is 6.29 Å². The highest BCUT2D eigenvalue weighted by molar-refractivity contribution is 5.89. The molecule has 0 saturated heterocycles. The third-order valence-electron chi connectivity index (χ3n) is 3.45. The highest BCUT2D eigenvalue weighted by atomic mass is 16.5. The van der Waals surface area contributed by atoms with E-state index in [9.17, 15) is 4.79 Å². The van der Waals surface area contributed by atoms with Crippen LogP contribution in [-0.2, 0) is 0 Å². The molecule has 3 heteroatoms. The quantitative estimate of drug-likeness (QED) is 0.727. The molecule has 0 unspecified atom stereocenters. The van der Waals surface area contributed by atoms with Crippen molar-refractivity contribution in [3.8, 4) is 28.1 Å². The third-order valence-corrected chi connectivity index (χ3v) is 3.45. The number of ether oxygens (including phenoxy) is 1. The van der Waals surface area contributed by atoms with Gasteiger partial charge in [-0.2, -0.15) is 0 Å². The number of nitrogens with one attached hydrogen (secondary N) is 1. The fraction of sp³-hybridized carbons (Fsp3) is 0.0556. The van der Waals surface area contributed by atoms with Gasteiger partial charge in [0.2, 0.25) is 0 Å². The monoisotopic (exact) mass is 277 g/mol. The summed E-state index contributed by atoms with van der Waals surface area (Å²) in [5.41, 5.74) is 4.28. The van der Waals surface area contributed by atoms with Gasteiger partial charge >= 0.3 is 0 Å². The fourth-order valence-electron chi connectivity index (χ4n) is 2.43. The van der Waals surface area contributed by atoms with Crippen molar-refractivity contribution < 1.29 is 9.53 Å². The smallest absolute Gasteiger partial charge is 0.166 e. The van der Waals surface area contributed by atoms with Gasteiger partial charge in [0.1, 0.15) is 5.75 Å². The van der Waals surface area contributed by atoms with E-state index in [-0.39, 0.29) is 0 Å². The summed E-state index contributed by atoms with van der Waals surface area (Å²) in [4.78, 5) is 14.5. The average molecular weight is 277 g/mol. The van der Waals surface area contributed by atoms with Gasteiger partial charge in [-0.05, 0) is 23.8 Å². The maximum absolute atomic E-state index is 11.3. The Labute approximate surface area is 123 Å². The van der Waals surface area contributed by atoms with Crippen molar-refractivity contribution >= 4 is 6.29 Å². The molecule has 0 aliphatic carbocycles. The van der Waals surface area contributed by atoms with Crippen molar-refractivity contribution in [3.05, 3.63) is 66.4 Å². The van der Waals surface area contributed by atoms with Crippen LogP contribution in [-0.4, -0.2) is 18.4 Å². The number of aromatic amines is 1.